The molecule has 1 aromatic heterocycles. The summed E-state index contributed by atoms with van der Waals surface area (Å²) in [6.45, 7) is 7.39. The van der Waals surface area contributed by atoms with Gasteiger partial charge in [-0.15, -0.1) is 0 Å². The normalized spacial score (nSPS) is 15.0. The topological polar surface area (TPSA) is 46.6 Å². The number of nitrogens with one attached hydrogen (secondary N) is 1. The number of nitrogens with zero attached hydrogens (tertiary/aromatic N) is 2. The van der Waals surface area contributed by atoms with Gasteiger partial charge in [-0.25, -0.2) is 4.98 Å². The van der Waals surface area contributed by atoms with Gasteiger partial charge in [0.05, 0.1) is 0 Å². The molecule has 0 bridgehead atoms. The number of ether oxygens (including phenoxy) is 2. The highest BCUT2D eigenvalue weighted by Gasteiger charge is 2.29. The first-order valence-corrected chi connectivity index (χ1v) is 9.15. The van der Waals surface area contributed by atoms with Gasteiger partial charge < -0.3 is 19.7 Å². The van der Waals surface area contributed by atoms with Gasteiger partial charge in [0.15, 0.2) is 0 Å². The monoisotopic (exact) mass is 355 g/mol. The second-order valence-electron chi connectivity index (χ2n) is 7.74. The summed E-state index contributed by atoms with van der Waals surface area (Å²) >= 11 is 0. The molecule has 0 atom stereocenters. The number of hydrogen-bond donors (Lipinski definition) is 1. The van der Waals surface area contributed by atoms with E-state index in [2.05, 4.69) is 47.2 Å². The quantitative estimate of drug-likeness (QED) is 0.789. The van der Waals surface area contributed by atoms with Crippen LogP contribution in [0.4, 0.5) is 0 Å². The van der Waals surface area contributed by atoms with Gasteiger partial charge in [-0.1, -0.05) is 12.1 Å². The Kier molecular flexibility index (Phi) is 5.79. The highest BCUT2D eigenvalue weighted by Crippen LogP contribution is 2.35. The molecule has 0 spiro atoms. The Morgan fingerprint density at radius 3 is 2.69 bits per heavy atom. The van der Waals surface area contributed by atoms with E-state index in [1.807, 2.05) is 26.2 Å². The molecule has 140 valence electrons. The van der Waals surface area contributed by atoms with Crippen LogP contribution in [-0.2, 0) is 19.5 Å². The van der Waals surface area contributed by atoms with Gasteiger partial charge in [-0.2, -0.15) is 0 Å². The fourth-order valence-corrected chi connectivity index (χ4v) is 3.10. The number of likely N-dealkylation sites (N-methyl/N-ethyl adjacent to an activating group) is 1. The maximum atomic E-state index is 5.94. The largest absolute Gasteiger partial charge is 0.487 e. The van der Waals surface area contributed by atoms with Crippen molar-refractivity contribution in [3.63, 3.8) is 0 Å². The van der Waals surface area contributed by atoms with Gasteiger partial charge in [0, 0.05) is 38.3 Å². The maximum Gasteiger partial charge on any atom is 0.213 e. The molecule has 0 unspecified atom stereocenters. The minimum atomic E-state index is -0.0889. The summed E-state index contributed by atoms with van der Waals surface area (Å²) < 4.78 is 11.6. The molecule has 1 aliphatic rings. The second kappa shape index (κ2) is 8.06. The van der Waals surface area contributed by atoms with Crippen LogP contribution in [0, 0.1) is 0 Å². The van der Waals surface area contributed by atoms with E-state index < -0.39 is 0 Å². The Bertz CT molecular complexity index is 744. The van der Waals surface area contributed by atoms with E-state index >= 15 is 0 Å². The molecule has 1 aliphatic heterocycles. The molecular weight excluding hydrogens is 326 g/mol. The first-order chi connectivity index (χ1) is 12.4. The minimum absolute atomic E-state index is 0.0889. The van der Waals surface area contributed by atoms with Crippen LogP contribution < -0.4 is 14.8 Å². The molecule has 5 nitrogen and oxygen atoms in total. The SMILES string of the molecule is CN(C)CCOc1cc(CNCc2ccc3c(c2)CC(C)(C)O3)ccn1. The molecule has 1 aromatic carbocycles. The first-order valence-electron chi connectivity index (χ1n) is 9.15. The number of fused-ring (bicyclic) bond motifs is 1. The van der Waals surface area contributed by atoms with E-state index in [-0.39, 0.29) is 5.60 Å². The van der Waals surface area contributed by atoms with Crippen LogP contribution in [0.3, 0.4) is 0 Å². The van der Waals surface area contributed by atoms with Gasteiger partial charge >= 0.3 is 0 Å². The summed E-state index contributed by atoms with van der Waals surface area (Å²) in [6, 6.07) is 10.5. The molecule has 0 saturated heterocycles. The van der Waals surface area contributed by atoms with Crippen molar-refractivity contribution in [2.24, 2.45) is 0 Å². The molecule has 0 amide bonds. The summed E-state index contributed by atoms with van der Waals surface area (Å²) in [7, 11) is 4.06. The Morgan fingerprint density at radius 1 is 1.15 bits per heavy atom. The summed E-state index contributed by atoms with van der Waals surface area (Å²) in [4.78, 5) is 6.36. The average Bonchev–Trinajstić information content (AvgIpc) is 2.88. The summed E-state index contributed by atoms with van der Waals surface area (Å²) in [5.41, 5.74) is 3.66. The maximum absolute atomic E-state index is 5.94. The average molecular weight is 355 g/mol. The van der Waals surface area contributed by atoms with Crippen LogP contribution in [0.2, 0.25) is 0 Å². The number of pyridine rings is 1. The van der Waals surface area contributed by atoms with Crippen molar-refractivity contribution >= 4 is 0 Å². The number of rotatable bonds is 8. The molecule has 0 fully saturated rings. The van der Waals surface area contributed by atoms with Crippen LogP contribution in [0.1, 0.15) is 30.5 Å². The molecule has 26 heavy (non-hydrogen) atoms. The minimum Gasteiger partial charge on any atom is -0.487 e. The molecule has 5 heteroatoms. The van der Waals surface area contributed by atoms with Gasteiger partial charge in [0.25, 0.3) is 0 Å². The standard InChI is InChI=1S/C21H29N3O2/c1-21(2)13-18-11-16(5-6-19(18)26-21)14-22-15-17-7-8-23-20(12-17)25-10-9-24(3)4/h5-8,11-12,22H,9-10,13-15H2,1-4H3. The van der Waals surface area contributed by atoms with Crippen molar-refractivity contribution in [2.75, 3.05) is 27.2 Å². The Labute approximate surface area is 156 Å². The fourth-order valence-electron chi connectivity index (χ4n) is 3.10. The predicted molar refractivity (Wildman–Crippen MR) is 104 cm³/mol. The van der Waals surface area contributed by atoms with E-state index in [4.69, 9.17) is 9.47 Å². The molecule has 0 aliphatic carbocycles. The van der Waals surface area contributed by atoms with E-state index in [1.165, 1.54) is 16.7 Å². The highest BCUT2D eigenvalue weighted by atomic mass is 16.5. The van der Waals surface area contributed by atoms with Crippen molar-refractivity contribution in [3.05, 3.63) is 53.2 Å². The molecule has 0 saturated carbocycles. The van der Waals surface area contributed by atoms with Crippen molar-refractivity contribution in [2.45, 2.75) is 39.0 Å². The van der Waals surface area contributed by atoms with Crippen molar-refractivity contribution in [1.29, 1.82) is 0 Å². The van der Waals surface area contributed by atoms with Gasteiger partial charge in [0.1, 0.15) is 18.0 Å². The van der Waals surface area contributed by atoms with Crippen LogP contribution in [0.15, 0.2) is 36.5 Å². The van der Waals surface area contributed by atoms with E-state index in [0.29, 0.717) is 12.5 Å². The zero-order valence-corrected chi connectivity index (χ0v) is 16.2. The zero-order chi connectivity index (χ0) is 18.6. The molecule has 2 aromatic rings. The van der Waals surface area contributed by atoms with E-state index in [0.717, 1.165) is 31.8 Å². The Morgan fingerprint density at radius 2 is 1.92 bits per heavy atom. The molecule has 0 radical (unpaired) electrons. The van der Waals surface area contributed by atoms with Crippen molar-refractivity contribution in [3.8, 4) is 11.6 Å². The highest BCUT2D eigenvalue weighted by molar-refractivity contribution is 5.41. The predicted octanol–water partition coefficient (Wildman–Crippen LogP) is 3.03. The summed E-state index contributed by atoms with van der Waals surface area (Å²) in [6.07, 6.45) is 2.77. The van der Waals surface area contributed by atoms with Crippen molar-refractivity contribution < 1.29 is 9.47 Å². The lowest BCUT2D eigenvalue weighted by Gasteiger charge is -2.16. The van der Waals surface area contributed by atoms with Crippen LogP contribution >= 0.6 is 0 Å². The lowest BCUT2D eigenvalue weighted by Crippen LogP contribution is -2.24. The zero-order valence-electron chi connectivity index (χ0n) is 16.2. The van der Waals surface area contributed by atoms with Crippen molar-refractivity contribution in [1.82, 2.24) is 15.2 Å². The van der Waals surface area contributed by atoms with Crippen LogP contribution in [0.5, 0.6) is 11.6 Å². The summed E-state index contributed by atoms with van der Waals surface area (Å²) in [5.74, 6) is 1.70. The lowest BCUT2D eigenvalue weighted by molar-refractivity contribution is 0.138. The third-order valence-corrected chi connectivity index (χ3v) is 4.37. The molecule has 1 N–H and O–H groups in total. The van der Waals surface area contributed by atoms with E-state index in [9.17, 15) is 0 Å². The van der Waals surface area contributed by atoms with Gasteiger partial charge in [-0.05, 0) is 56.8 Å². The number of aromatic nitrogens is 1. The lowest BCUT2D eigenvalue weighted by atomic mass is 10.0. The molecule has 3 rings (SSSR count). The second-order valence-corrected chi connectivity index (χ2v) is 7.74. The Balaban J connectivity index is 1.50. The van der Waals surface area contributed by atoms with Crippen LogP contribution in [0.25, 0.3) is 0 Å². The van der Waals surface area contributed by atoms with Crippen LogP contribution in [-0.4, -0.2) is 42.7 Å². The fraction of sp³-hybridized carbons (Fsp3) is 0.476. The first kappa shape index (κ1) is 18.7. The van der Waals surface area contributed by atoms with Gasteiger partial charge in [-0.3, -0.25) is 0 Å². The smallest absolute Gasteiger partial charge is 0.213 e. The summed E-state index contributed by atoms with van der Waals surface area (Å²) in [5, 5.41) is 3.50. The number of benzene rings is 1. The Hall–Kier alpha value is -2.11. The third kappa shape index (κ3) is 5.19. The third-order valence-electron chi connectivity index (χ3n) is 4.37. The molecule has 2 heterocycles. The van der Waals surface area contributed by atoms with E-state index in [1.54, 1.807) is 6.20 Å². The number of hydrogen-bond acceptors (Lipinski definition) is 5. The molecular formula is C21H29N3O2. The van der Waals surface area contributed by atoms with Gasteiger partial charge in [0.2, 0.25) is 5.88 Å².